The fourth-order valence-electron chi connectivity index (χ4n) is 5.03. The van der Waals surface area contributed by atoms with E-state index in [1.807, 2.05) is 24.3 Å². The first kappa shape index (κ1) is 30.8. The molecule has 3 rings (SSSR count). The van der Waals surface area contributed by atoms with Crippen LogP contribution in [0.15, 0.2) is 60.7 Å². The molecule has 0 unspecified atom stereocenters. The van der Waals surface area contributed by atoms with Crippen molar-refractivity contribution in [2.45, 2.75) is 104 Å². The van der Waals surface area contributed by atoms with Crippen LogP contribution in [-0.2, 0) is 10.8 Å². The number of nitriles is 2. The first-order valence-electron chi connectivity index (χ1n) is 14.7. The molecule has 0 saturated carbocycles. The van der Waals surface area contributed by atoms with Crippen LogP contribution in [0.5, 0.6) is 23.0 Å². The van der Waals surface area contributed by atoms with Gasteiger partial charge in [0, 0.05) is 12.1 Å². The van der Waals surface area contributed by atoms with Gasteiger partial charge in [-0.05, 0) is 59.1 Å². The van der Waals surface area contributed by atoms with Crippen LogP contribution < -0.4 is 9.47 Å². The van der Waals surface area contributed by atoms with Crippen LogP contribution in [0.3, 0.4) is 0 Å². The SMILES string of the molecule is CCCCCC(C)(C)c1ccc(Oc2cc(C#N)c(C#N)cc2Oc2ccc(C(C)(C)CCCCC)cc2)cc1. The van der Waals surface area contributed by atoms with Gasteiger partial charge in [0.25, 0.3) is 0 Å². The maximum Gasteiger partial charge on any atom is 0.171 e. The zero-order valence-electron chi connectivity index (χ0n) is 25.1. The van der Waals surface area contributed by atoms with Crippen LogP contribution in [0.4, 0.5) is 0 Å². The molecule has 0 heterocycles. The molecule has 4 nitrogen and oxygen atoms in total. The molecule has 0 atom stereocenters. The van der Waals surface area contributed by atoms with E-state index in [4.69, 9.17) is 9.47 Å². The third-order valence-corrected chi connectivity index (χ3v) is 7.86. The van der Waals surface area contributed by atoms with Gasteiger partial charge in [-0.25, -0.2) is 0 Å². The van der Waals surface area contributed by atoms with Gasteiger partial charge < -0.3 is 9.47 Å². The molecule has 3 aromatic carbocycles. The van der Waals surface area contributed by atoms with Crippen molar-refractivity contribution in [2.24, 2.45) is 0 Å². The predicted octanol–water partition coefficient (Wildman–Crippen LogP) is 10.7. The van der Waals surface area contributed by atoms with Crippen LogP contribution >= 0.6 is 0 Å². The van der Waals surface area contributed by atoms with Crippen LogP contribution in [-0.4, -0.2) is 0 Å². The highest BCUT2D eigenvalue weighted by atomic mass is 16.5. The highest BCUT2D eigenvalue weighted by molar-refractivity contribution is 5.58. The van der Waals surface area contributed by atoms with E-state index in [0.717, 1.165) is 12.8 Å². The molecular formula is C36H44N2O2. The van der Waals surface area contributed by atoms with Gasteiger partial charge in [-0.2, -0.15) is 10.5 Å². The van der Waals surface area contributed by atoms with Crippen LogP contribution in [0.2, 0.25) is 0 Å². The average molecular weight is 537 g/mol. The molecule has 0 aromatic heterocycles. The van der Waals surface area contributed by atoms with Crippen molar-refractivity contribution < 1.29 is 9.47 Å². The molecule has 0 aliphatic carbocycles. The fraction of sp³-hybridized carbons (Fsp3) is 0.444. The van der Waals surface area contributed by atoms with Crippen molar-refractivity contribution in [1.82, 2.24) is 0 Å². The second-order valence-corrected chi connectivity index (χ2v) is 12.0. The molecule has 3 aromatic rings. The van der Waals surface area contributed by atoms with Crippen molar-refractivity contribution in [3.8, 4) is 35.1 Å². The molecule has 0 fully saturated rings. The Kier molecular flexibility index (Phi) is 10.8. The maximum atomic E-state index is 9.62. The highest BCUT2D eigenvalue weighted by Crippen LogP contribution is 2.39. The van der Waals surface area contributed by atoms with E-state index < -0.39 is 0 Å². The van der Waals surface area contributed by atoms with Crippen LogP contribution in [0.25, 0.3) is 0 Å². The van der Waals surface area contributed by atoms with Crippen molar-refractivity contribution in [3.63, 3.8) is 0 Å². The zero-order chi connectivity index (χ0) is 29.2. The normalized spacial score (nSPS) is 11.5. The number of hydrogen-bond donors (Lipinski definition) is 0. The summed E-state index contributed by atoms with van der Waals surface area (Å²) < 4.78 is 12.5. The highest BCUT2D eigenvalue weighted by Gasteiger charge is 2.22. The number of ether oxygens (including phenoxy) is 2. The van der Waals surface area contributed by atoms with Crippen molar-refractivity contribution in [3.05, 3.63) is 82.9 Å². The standard InChI is InChI=1S/C36H44N2O2/c1-7-9-11-21-35(3,4)29-13-17-31(18-14-29)39-33-23-27(25-37)28(26-38)24-34(33)40-32-19-15-30(16-20-32)36(5,6)22-12-10-8-2/h13-20,23-24H,7-12,21-22H2,1-6H3. The zero-order valence-corrected chi connectivity index (χ0v) is 25.1. The van der Waals surface area contributed by atoms with Gasteiger partial charge in [0.2, 0.25) is 0 Å². The lowest BCUT2D eigenvalue weighted by Crippen LogP contribution is -2.16. The summed E-state index contributed by atoms with van der Waals surface area (Å²) in [7, 11) is 0. The second-order valence-electron chi connectivity index (χ2n) is 12.0. The Labute approximate surface area is 241 Å². The topological polar surface area (TPSA) is 66.0 Å². The summed E-state index contributed by atoms with van der Waals surface area (Å²) in [5.74, 6) is 2.09. The Morgan fingerprint density at radius 3 is 1.23 bits per heavy atom. The van der Waals surface area contributed by atoms with Gasteiger partial charge >= 0.3 is 0 Å². The van der Waals surface area contributed by atoms with E-state index >= 15 is 0 Å². The molecule has 0 saturated heterocycles. The predicted molar refractivity (Wildman–Crippen MR) is 163 cm³/mol. The molecule has 0 aliphatic heterocycles. The number of unbranched alkanes of at least 4 members (excludes halogenated alkanes) is 4. The van der Waals surface area contributed by atoms with Crippen molar-refractivity contribution >= 4 is 0 Å². The van der Waals surface area contributed by atoms with E-state index in [-0.39, 0.29) is 22.0 Å². The summed E-state index contributed by atoms with van der Waals surface area (Å²) in [6.45, 7) is 13.6. The Morgan fingerprint density at radius 1 is 0.575 bits per heavy atom. The summed E-state index contributed by atoms with van der Waals surface area (Å²) >= 11 is 0. The van der Waals surface area contributed by atoms with Gasteiger partial charge in [0.15, 0.2) is 11.5 Å². The average Bonchev–Trinajstić information content (AvgIpc) is 2.94. The number of rotatable bonds is 14. The third kappa shape index (κ3) is 8.12. The lowest BCUT2D eigenvalue weighted by atomic mass is 9.80. The number of benzene rings is 3. The monoisotopic (exact) mass is 536 g/mol. The molecule has 0 N–H and O–H groups in total. The van der Waals surface area contributed by atoms with E-state index in [1.54, 1.807) is 12.1 Å². The minimum Gasteiger partial charge on any atom is -0.453 e. The van der Waals surface area contributed by atoms with Crippen molar-refractivity contribution in [1.29, 1.82) is 10.5 Å². The molecule has 0 spiro atoms. The maximum absolute atomic E-state index is 9.62. The summed E-state index contributed by atoms with van der Waals surface area (Å²) in [6, 6.07) is 23.6. The van der Waals surface area contributed by atoms with E-state index in [9.17, 15) is 10.5 Å². The summed E-state index contributed by atoms with van der Waals surface area (Å²) in [5, 5.41) is 19.2. The molecule has 0 amide bonds. The molecule has 0 aliphatic rings. The van der Waals surface area contributed by atoms with Gasteiger partial charge in [-0.1, -0.05) is 104 Å². The lowest BCUT2D eigenvalue weighted by Gasteiger charge is -2.26. The molecule has 0 radical (unpaired) electrons. The van der Waals surface area contributed by atoms with Crippen LogP contribution in [0, 0.1) is 22.7 Å². The Bertz CT molecular complexity index is 1220. The minimum atomic E-state index is 0.0844. The molecule has 210 valence electrons. The summed E-state index contributed by atoms with van der Waals surface area (Å²) in [4.78, 5) is 0. The first-order valence-corrected chi connectivity index (χ1v) is 14.7. The lowest BCUT2D eigenvalue weighted by molar-refractivity contribution is 0.416. The molecular weight excluding hydrogens is 492 g/mol. The largest absolute Gasteiger partial charge is 0.453 e. The number of nitrogens with zero attached hydrogens (tertiary/aromatic N) is 2. The fourth-order valence-corrected chi connectivity index (χ4v) is 5.03. The van der Waals surface area contributed by atoms with E-state index in [2.05, 4.69) is 77.9 Å². The Hall–Kier alpha value is -3.76. The van der Waals surface area contributed by atoms with Gasteiger partial charge in [-0.3, -0.25) is 0 Å². The summed E-state index contributed by atoms with van der Waals surface area (Å²) in [6.07, 6.45) is 9.60. The Balaban J connectivity index is 1.84. The van der Waals surface area contributed by atoms with Crippen molar-refractivity contribution in [2.75, 3.05) is 0 Å². The van der Waals surface area contributed by atoms with E-state index in [0.29, 0.717) is 23.0 Å². The van der Waals surface area contributed by atoms with Gasteiger partial charge in [-0.15, -0.1) is 0 Å². The number of hydrogen-bond acceptors (Lipinski definition) is 4. The molecule has 4 heteroatoms. The first-order chi connectivity index (χ1) is 19.1. The Morgan fingerprint density at radius 2 is 0.925 bits per heavy atom. The van der Waals surface area contributed by atoms with Crippen LogP contribution in [0.1, 0.15) is 115 Å². The van der Waals surface area contributed by atoms with Gasteiger partial charge in [0.05, 0.1) is 11.1 Å². The minimum absolute atomic E-state index is 0.0844. The van der Waals surface area contributed by atoms with Gasteiger partial charge in [0.1, 0.15) is 23.6 Å². The third-order valence-electron chi connectivity index (χ3n) is 7.86. The molecule has 0 bridgehead atoms. The smallest absolute Gasteiger partial charge is 0.171 e. The summed E-state index contributed by atoms with van der Waals surface area (Å²) in [5.41, 5.74) is 3.21. The molecule has 40 heavy (non-hydrogen) atoms. The van der Waals surface area contributed by atoms with E-state index in [1.165, 1.54) is 49.7 Å². The quantitative estimate of drug-likeness (QED) is 0.192. The second kappa shape index (κ2) is 14.0.